The highest BCUT2D eigenvalue weighted by molar-refractivity contribution is 5.24. The highest BCUT2D eigenvalue weighted by atomic mass is 16.5. The van der Waals surface area contributed by atoms with Gasteiger partial charge in [-0.3, -0.25) is 4.98 Å². The fourth-order valence-corrected chi connectivity index (χ4v) is 1.25. The van der Waals surface area contributed by atoms with Crippen LogP contribution >= 0.6 is 0 Å². The molecule has 0 aliphatic carbocycles. The smallest absolute Gasteiger partial charge is 0.137 e. The lowest BCUT2D eigenvalue weighted by Gasteiger charge is -2.07. The summed E-state index contributed by atoms with van der Waals surface area (Å²) >= 11 is 0. The first kappa shape index (κ1) is 11.0. The average molecular weight is 194 g/mol. The van der Waals surface area contributed by atoms with Crippen LogP contribution in [0.1, 0.15) is 25.8 Å². The van der Waals surface area contributed by atoms with Crippen molar-refractivity contribution in [2.45, 2.75) is 32.7 Å². The normalized spacial score (nSPS) is 12.5. The Morgan fingerprint density at radius 1 is 1.50 bits per heavy atom. The maximum absolute atomic E-state index is 5.71. The maximum atomic E-state index is 5.71. The first-order valence-electron chi connectivity index (χ1n) is 5.04. The second-order valence-corrected chi connectivity index (χ2v) is 3.56. The summed E-state index contributed by atoms with van der Waals surface area (Å²) in [7, 11) is 0. The number of hydrogen-bond acceptors (Lipinski definition) is 3. The third-order valence-corrected chi connectivity index (χ3v) is 1.80. The minimum atomic E-state index is 0.165. The van der Waals surface area contributed by atoms with E-state index in [4.69, 9.17) is 10.5 Å². The Hall–Kier alpha value is -1.09. The molecule has 0 amide bonds. The first-order chi connectivity index (χ1) is 6.72. The summed E-state index contributed by atoms with van der Waals surface area (Å²) in [4.78, 5) is 4.11. The van der Waals surface area contributed by atoms with E-state index in [2.05, 4.69) is 11.9 Å². The minimum Gasteiger partial charge on any atom is -0.492 e. The van der Waals surface area contributed by atoms with E-state index in [1.807, 2.05) is 19.2 Å². The molecule has 0 fully saturated rings. The van der Waals surface area contributed by atoms with Gasteiger partial charge >= 0.3 is 0 Å². The number of pyridine rings is 1. The van der Waals surface area contributed by atoms with Gasteiger partial charge in [0.05, 0.1) is 12.8 Å². The number of rotatable bonds is 5. The molecule has 0 spiro atoms. The molecule has 0 aliphatic rings. The van der Waals surface area contributed by atoms with Gasteiger partial charge in [-0.15, -0.1) is 0 Å². The summed E-state index contributed by atoms with van der Waals surface area (Å²) in [6, 6.07) is 2.17. The van der Waals surface area contributed by atoms with Gasteiger partial charge in [-0.2, -0.15) is 0 Å². The van der Waals surface area contributed by atoms with E-state index >= 15 is 0 Å². The van der Waals surface area contributed by atoms with Crippen LogP contribution in [0.5, 0.6) is 5.75 Å². The largest absolute Gasteiger partial charge is 0.492 e. The van der Waals surface area contributed by atoms with Gasteiger partial charge in [0.15, 0.2) is 0 Å². The zero-order chi connectivity index (χ0) is 10.4. The van der Waals surface area contributed by atoms with Crippen LogP contribution in [0.3, 0.4) is 0 Å². The van der Waals surface area contributed by atoms with Crippen LogP contribution < -0.4 is 10.5 Å². The number of nitrogens with zero attached hydrogens (tertiary/aromatic N) is 1. The highest BCUT2D eigenvalue weighted by Crippen LogP contribution is 2.12. The van der Waals surface area contributed by atoms with Crippen LogP contribution in [-0.2, 0) is 6.42 Å². The Labute approximate surface area is 85.3 Å². The van der Waals surface area contributed by atoms with Gasteiger partial charge in [-0.1, -0.05) is 6.92 Å². The molecule has 0 radical (unpaired) electrons. The van der Waals surface area contributed by atoms with E-state index in [9.17, 15) is 0 Å². The molecule has 0 saturated carbocycles. The van der Waals surface area contributed by atoms with E-state index in [0.717, 1.165) is 30.8 Å². The second kappa shape index (κ2) is 5.60. The van der Waals surface area contributed by atoms with Crippen LogP contribution in [0.2, 0.25) is 0 Å². The van der Waals surface area contributed by atoms with Gasteiger partial charge in [0, 0.05) is 12.2 Å². The zero-order valence-electron chi connectivity index (χ0n) is 8.86. The van der Waals surface area contributed by atoms with Crippen molar-refractivity contribution in [2.24, 2.45) is 5.73 Å². The molecule has 0 saturated heterocycles. The standard InChI is InChI=1S/C11H18N2O/c1-3-4-14-11-6-10(5-9(2)12)7-13-8-11/h6-9H,3-5,12H2,1-2H3. The number of ether oxygens (including phenoxy) is 1. The molecular weight excluding hydrogens is 176 g/mol. The van der Waals surface area contributed by atoms with Crippen molar-refractivity contribution in [1.82, 2.24) is 4.98 Å². The quantitative estimate of drug-likeness (QED) is 0.777. The van der Waals surface area contributed by atoms with E-state index in [-0.39, 0.29) is 6.04 Å². The molecule has 0 bridgehead atoms. The molecule has 78 valence electrons. The molecular formula is C11H18N2O. The highest BCUT2D eigenvalue weighted by Gasteiger charge is 2.00. The van der Waals surface area contributed by atoms with E-state index < -0.39 is 0 Å². The molecule has 3 nitrogen and oxygen atoms in total. The SMILES string of the molecule is CCCOc1cncc(CC(C)N)c1. The monoisotopic (exact) mass is 194 g/mol. The van der Waals surface area contributed by atoms with Crippen LogP contribution in [0.15, 0.2) is 18.5 Å². The summed E-state index contributed by atoms with van der Waals surface area (Å²) in [5.41, 5.74) is 6.84. The number of aromatic nitrogens is 1. The summed E-state index contributed by atoms with van der Waals surface area (Å²) in [5.74, 6) is 0.838. The predicted octanol–water partition coefficient (Wildman–Crippen LogP) is 1.76. The Kier molecular flexibility index (Phi) is 4.40. The Balaban J connectivity index is 2.59. The molecule has 1 heterocycles. The summed E-state index contributed by atoms with van der Waals surface area (Å²) in [5, 5.41) is 0. The van der Waals surface area contributed by atoms with Crippen LogP contribution in [-0.4, -0.2) is 17.6 Å². The van der Waals surface area contributed by atoms with Crippen molar-refractivity contribution in [3.63, 3.8) is 0 Å². The van der Waals surface area contributed by atoms with Gasteiger partial charge in [0.1, 0.15) is 5.75 Å². The molecule has 14 heavy (non-hydrogen) atoms. The Morgan fingerprint density at radius 3 is 2.93 bits per heavy atom. The molecule has 1 aromatic rings. The Morgan fingerprint density at radius 2 is 2.29 bits per heavy atom. The van der Waals surface area contributed by atoms with Crippen molar-refractivity contribution in [1.29, 1.82) is 0 Å². The second-order valence-electron chi connectivity index (χ2n) is 3.56. The minimum absolute atomic E-state index is 0.165. The summed E-state index contributed by atoms with van der Waals surface area (Å²) in [6.45, 7) is 4.81. The Bertz CT molecular complexity index is 274. The first-order valence-corrected chi connectivity index (χ1v) is 5.04. The van der Waals surface area contributed by atoms with E-state index in [1.54, 1.807) is 6.20 Å². The van der Waals surface area contributed by atoms with Crippen molar-refractivity contribution in [2.75, 3.05) is 6.61 Å². The van der Waals surface area contributed by atoms with Gasteiger partial charge in [-0.05, 0) is 31.4 Å². The maximum Gasteiger partial charge on any atom is 0.137 e. The van der Waals surface area contributed by atoms with Crippen molar-refractivity contribution < 1.29 is 4.74 Å². The van der Waals surface area contributed by atoms with Gasteiger partial charge in [-0.25, -0.2) is 0 Å². The summed E-state index contributed by atoms with van der Waals surface area (Å²) in [6.07, 6.45) is 5.43. The molecule has 1 unspecified atom stereocenters. The van der Waals surface area contributed by atoms with Crippen molar-refractivity contribution in [3.05, 3.63) is 24.0 Å². The van der Waals surface area contributed by atoms with E-state index in [1.165, 1.54) is 0 Å². The van der Waals surface area contributed by atoms with Gasteiger partial charge in [0.25, 0.3) is 0 Å². The zero-order valence-corrected chi connectivity index (χ0v) is 8.86. The van der Waals surface area contributed by atoms with Crippen LogP contribution in [0, 0.1) is 0 Å². The third kappa shape index (κ3) is 3.75. The molecule has 1 aromatic heterocycles. The lowest BCUT2D eigenvalue weighted by Crippen LogP contribution is -2.17. The molecule has 2 N–H and O–H groups in total. The van der Waals surface area contributed by atoms with E-state index in [0.29, 0.717) is 0 Å². The number of hydrogen-bond donors (Lipinski definition) is 1. The van der Waals surface area contributed by atoms with Crippen molar-refractivity contribution >= 4 is 0 Å². The van der Waals surface area contributed by atoms with Crippen LogP contribution in [0.4, 0.5) is 0 Å². The fraction of sp³-hybridized carbons (Fsp3) is 0.545. The van der Waals surface area contributed by atoms with Crippen LogP contribution in [0.25, 0.3) is 0 Å². The molecule has 0 aliphatic heterocycles. The lowest BCUT2D eigenvalue weighted by atomic mass is 10.1. The van der Waals surface area contributed by atoms with Crippen molar-refractivity contribution in [3.8, 4) is 5.75 Å². The molecule has 1 rings (SSSR count). The molecule has 3 heteroatoms. The van der Waals surface area contributed by atoms with Gasteiger partial charge in [0.2, 0.25) is 0 Å². The predicted molar refractivity (Wildman–Crippen MR) is 57.4 cm³/mol. The number of nitrogens with two attached hydrogens (primary N) is 1. The third-order valence-electron chi connectivity index (χ3n) is 1.80. The average Bonchev–Trinajstić information content (AvgIpc) is 2.14. The lowest BCUT2D eigenvalue weighted by molar-refractivity contribution is 0.316. The molecule has 1 atom stereocenters. The van der Waals surface area contributed by atoms with Gasteiger partial charge < -0.3 is 10.5 Å². The molecule has 0 aromatic carbocycles. The topological polar surface area (TPSA) is 48.1 Å². The fourth-order valence-electron chi connectivity index (χ4n) is 1.25. The summed E-state index contributed by atoms with van der Waals surface area (Å²) < 4.78 is 5.47.